The molecule has 0 bridgehead atoms. The van der Waals surface area contributed by atoms with Crippen molar-refractivity contribution in [2.45, 2.75) is 25.3 Å². The molecule has 1 N–H and O–H groups in total. The van der Waals surface area contributed by atoms with Crippen LogP contribution in [-0.4, -0.2) is 53.8 Å². The molecule has 3 aromatic rings. The first-order valence-electron chi connectivity index (χ1n) is 9.82. The predicted molar refractivity (Wildman–Crippen MR) is 117 cm³/mol. The van der Waals surface area contributed by atoms with Crippen LogP contribution in [0.2, 0.25) is 0 Å². The Labute approximate surface area is 181 Å². The van der Waals surface area contributed by atoms with Gasteiger partial charge in [0, 0.05) is 13.1 Å². The minimum atomic E-state index is -3.69. The summed E-state index contributed by atoms with van der Waals surface area (Å²) in [5.41, 5.74) is 1.36. The van der Waals surface area contributed by atoms with Gasteiger partial charge in [0.05, 0.1) is 30.4 Å². The highest BCUT2D eigenvalue weighted by Gasteiger charge is 2.23. The van der Waals surface area contributed by atoms with E-state index in [4.69, 9.17) is 4.74 Å². The van der Waals surface area contributed by atoms with Gasteiger partial charge >= 0.3 is 0 Å². The van der Waals surface area contributed by atoms with Crippen LogP contribution in [0.15, 0.2) is 59.6 Å². The molecule has 1 amide bonds. The fourth-order valence-electron chi connectivity index (χ4n) is 3.09. The average molecular weight is 444 g/mol. The van der Waals surface area contributed by atoms with Crippen LogP contribution in [0.3, 0.4) is 0 Å². The number of amides is 1. The van der Waals surface area contributed by atoms with Crippen molar-refractivity contribution in [3.05, 3.63) is 66.0 Å². The molecule has 31 heavy (non-hydrogen) atoms. The molecule has 1 heterocycles. The average Bonchev–Trinajstić information content (AvgIpc) is 3.23. The summed E-state index contributed by atoms with van der Waals surface area (Å²) in [6.07, 6.45) is 1.53. The maximum Gasteiger partial charge on any atom is 0.277 e. The van der Waals surface area contributed by atoms with Crippen molar-refractivity contribution in [3.63, 3.8) is 0 Å². The number of rotatable bonds is 9. The smallest absolute Gasteiger partial charge is 0.277 e. The minimum absolute atomic E-state index is 0.0695. The number of carbonyl (C=O) groups excluding carboxylic acids is 1. The topological polar surface area (TPSA) is 106 Å². The molecule has 2 aromatic carbocycles. The molecule has 0 aliphatic rings. The molecule has 9 nitrogen and oxygen atoms in total. The molecule has 0 radical (unpaired) electrons. The lowest BCUT2D eigenvalue weighted by Crippen LogP contribution is -2.30. The SMILES string of the molecule is CCN(CC)S(=O)(=O)c1ccc(OC)c(NC(=O)c2cn(Cc3ccccc3)nn2)c1. The van der Waals surface area contributed by atoms with Crippen LogP contribution in [0.5, 0.6) is 5.75 Å². The normalized spacial score (nSPS) is 11.5. The summed E-state index contributed by atoms with van der Waals surface area (Å²) in [5.74, 6) is -0.182. The summed E-state index contributed by atoms with van der Waals surface area (Å²) < 4.78 is 33.8. The molecule has 10 heteroatoms. The Kier molecular flexibility index (Phi) is 7.03. The van der Waals surface area contributed by atoms with Gasteiger partial charge in [-0.25, -0.2) is 13.1 Å². The third-order valence-electron chi connectivity index (χ3n) is 4.72. The van der Waals surface area contributed by atoms with Crippen molar-refractivity contribution in [2.75, 3.05) is 25.5 Å². The van der Waals surface area contributed by atoms with Gasteiger partial charge in [-0.2, -0.15) is 4.31 Å². The third-order valence-corrected chi connectivity index (χ3v) is 6.77. The maximum atomic E-state index is 12.8. The summed E-state index contributed by atoms with van der Waals surface area (Å²) in [6.45, 7) is 4.70. The Bertz CT molecular complexity index is 1140. The highest BCUT2D eigenvalue weighted by molar-refractivity contribution is 7.89. The quantitative estimate of drug-likeness (QED) is 0.545. The molecule has 0 atom stereocenters. The van der Waals surface area contributed by atoms with E-state index in [1.54, 1.807) is 18.5 Å². The van der Waals surface area contributed by atoms with Crippen molar-refractivity contribution in [3.8, 4) is 5.75 Å². The number of nitrogens with one attached hydrogen (secondary N) is 1. The van der Waals surface area contributed by atoms with Gasteiger partial charge in [-0.15, -0.1) is 5.10 Å². The van der Waals surface area contributed by atoms with Crippen LogP contribution in [0.25, 0.3) is 0 Å². The molecule has 0 saturated carbocycles. The van der Waals surface area contributed by atoms with Crippen molar-refractivity contribution >= 4 is 21.6 Å². The largest absolute Gasteiger partial charge is 0.495 e. The van der Waals surface area contributed by atoms with Gasteiger partial charge < -0.3 is 10.1 Å². The summed E-state index contributed by atoms with van der Waals surface area (Å²) in [4.78, 5) is 12.8. The zero-order valence-electron chi connectivity index (χ0n) is 17.6. The van der Waals surface area contributed by atoms with Gasteiger partial charge in [-0.3, -0.25) is 4.79 Å². The van der Waals surface area contributed by atoms with E-state index in [0.717, 1.165) is 5.56 Å². The first-order valence-corrected chi connectivity index (χ1v) is 11.3. The van der Waals surface area contributed by atoms with E-state index in [0.29, 0.717) is 25.4 Å². The van der Waals surface area contributed by atoms with Crippen molar-refractivity contribution < 1.29 is 17.9 Å². The Hall–Kier alpha value is -3.24. The molecule has 0 fully saturated rings. The van der Waals surface area contributed by atoms with E-state index < -0.39 is 15.9 Å². The van der Waals surface area contributed by atoms with E-state index in [2.05, 4.69) is 15.6 Å². The number of nitrogens with zero attached hydrogens (tertiary/aromatic N) is 4. The standard InChI is InChI=1S/C21H25N5O4S/c1-4-26(5-2)31(28,29)17-11-12-20(30-3)18(13-17)22-21(27)19-15-25(24-23-19)14-16-9-7-6-8-10-16/h6-13,15H,4-5,14H2,1-3H3,(H,22,27). The summed E-state index contributed by atoms with van der Waals surface area (Å²) >= 11 is 0. The number of ether oxygens (including phenoxy) is 1. The van der Waals surface area contributed by atoms with Crippen LogP contribution in [-0.2, 0) is 16.6 Å². The number of carbonyl (C=O) groups is 1. The molecule has 0 saturated heterocycles. The number of hydrogen-bond donors (Lipinski definition) is 1. The van der Waals surface area contributed by atoms with E-state index in [1.165, 1.54) is 35.8 Å². The van der Waals surface area contributed by atoms with E-state index in [9.17, 15) is 13.2 Å². The molecular formula is C21H25N5O4S. The predicted octanol–water partition coefficient (Wildman–Crippen LogP) is 2.62. The summed E-state index contributed by atoms with van der Waals surface area (Å²) in [7, 11) is -2.24. The Morgan fingerprint density at radius 2 is 1.84 bits per heavy atom. The molecular weight excluding hydrogens is 418 g/mol. The number of aromatic nitrogens is 3. The highest BCUT2D eigenvalue weighted by Crippen LogP contribution is 2.29. The highest BCUT2D eigenvalue weighted by atomic mass is 32.2. The second kappa shape index (κ2) is 9.71. The molecule has 0 spiro atoms. The van der Waals surface area contributed by atoms with E-state index in [1.807, 2.05) is 30.3 Å². The fourth-order valence-corrected chi connectivity index (χ4v) is 4.58. The third kappa shape index (κ3) is 5.09. The first kappa shape index (κ1) is 22.4. The Balaban J connectivity index is 1.82. The van der Waals surface area contributed by atoms with E-state index >= 15 is 0 Å². The van der Waals surface area contributed by atoms with Gasteiger partial charge in [-0.05, 0) is 23.8 Å². The van der Waals surface area contributed by atoms with Gasteiger partial charge in [0.25, 0.3) is 5.91 Å². The number of methoxy groups -OCH3 is 1. The number of sulfonamides is 1. The van der Waals surface area contributed by atoms with Crippen molar-refractivity contribution in [1.82, 2.24) is 19.3 Å². The van der Waals surface area contributed by atoms with Crippen LogP contribution in [0, 0.1) is 0 Å². The molecule has 0 aliphatic heterocycles. The van der Waals surface area contributed by atoms with Crippen LogP contribution < -0.4 is 10.1 Å². The fraction of sp³-hybridized carbons (Fsp3) is 0.286. The number of benzene rings is 2. The Morgan fingerprint density at radius 1 is 1.13 bits per heavy atom. The van der Waals surface area contributed by atoms with Crippen LogP contribution in [0.4, 0.5) is 5.69 Å². The lowest BCUT2D eigenvalue weighted by molar-refractivity contribution is 0.102. The second-order valence-electron chi connectivity index (χ2n) is 6.69. The maximum absolute atomic E-state index is 12.8. The van der Waals surface area contributed by atoms with Gasteiger partial charge in [0.15, 0.2) is 5.69 Å². The van der Waals surface area contributed by atoms with Crippen LogP contribution in [0.1, 0.15) is 29.9 Å². The zero-order chi connectivity index (χ0) is 22.4. The summed E-state index contributed by atoms with van der Waals surface area (Å²) in [6, 6.07) is 14.0. The molecule has 0 aliphatic carbocycles. The molecule has 0 unspecified atom stereocenters. The summed E-state index contributed by atoms with van der Waals surface area (Å²) in [5, 5.41) is 10.6. The lowest BCUT2D eigenvalue weighted by atomic mass is 10.2. The molecule has 164 valence electrons. The number of anilines is 1. The number of hydrogen-bond acceptors (Lipinski definition) is 6. The Morgan fingerprint density at radius 3 is 2.48 bits per heavy atom. The van der Waals surface area contributed by atoms with Gasteiger partial charge in [0.1, 0.15) is 5.75 Å². The van der Waals surface area contributed by atoms with Crippen LogP contribution >= 0.6 is 0 Å². The van der Waals surface area contributed by atoms with Gasteiger partial charge in [-0.1, -0.05) is 49.4 Å². The minimum Gasteiger partial charge on any atom is -0.495 e. The second-order valence-corrected chi connectivity index (χ2v) is 8.63. The molecule has 1 aromatic heterocycles. The van der Waals surface area contributed by atoms with Crippen molar-refractivity contribution in [1.29, 1.82) is 0 Å². The van der Waals surface area contributed by atoms with Crippen molar-refractivity contribution in [2.24, 2.45) is 0 Å². The zero-order valence-corrected chi connectivity index (χ0v) is 18.5. The molecule has 3 rings (SSSR count). The first-order chi connectivity index (χ1) is 14.9. The lowest BCUT2D eigenvalue weighted by Gasteiger charge is -2.19. The van der Waals surface area contributed by atoms with Gasteiger partial charge in [0.2, 0.25) is 10.0 Å². The van der Waals surface area contributed by atoms with E-state index in [-0.39, 0.29) is 16.3 Å². The monoisotopic (exact) mass is 443 g/mol.